The molecule has 1 N–H and O–H groups in total. The zero-order valence-corrected chi connectivity index (χ0v) is 15.9. The number of imide groups is 1. The van der Waals surface area contributed by atoms with Gasteiger partial charge in [0.2, 0.25) is 11.8 Å². The molecule has 1 saturated heterocycles. The van der Waals surface area contributed by atoms with Crippen LogP contribution in [-0.2, 0) is 30.3 Å². The zero-order valence-electron chi connectivity index (χ0n) is 15.9. The lowest BCUT2D eigenvalue weighted by Crippen LogP contribution is -2.34. The van der Waals surface area contributed by atoms with Gasteiger partial charge in [0.05, 0.1) is 18.3 Å². The summed E-state index contributed by atoms with van der Waals surface area (Å²) >= 11 is 0. The summed E-state index contributed by atoms with van der Waals surface area (Å²) in [7, 11) is 0. The van der Waals surface area contributed by atoms with Crippen LogP contribution in [0.3, 0.4) is 0 Å². The highest BCUT2D eigenvalue weighted by molar-refractivity contribution is 6.05. The number of hydrogen-bond donors (Lipinski definition) is 1. The lowest BCUT2D eigenvalue weighted by Gasteiger charge is -2.19. The molecule has 7 nitrogen and oxygen atoms in total. The highest BCUT2D eigenvalue weighted by atomic mass is 16.5. The fourth-order valence-corrected chi connectivity index (χ4v) is 3.91. The van der Waals surface area contributed by atoms with Crippen molar-refractivity contribution >= 4 is 23.7 Å². The molecule has 1 aliphatic carbocycles. The Morgan fingerprint density at radius 3 is 2.32 bits per heavy atom. The second-order valence-electron chi connectivity index (χ2n) is 7.32. The van der Waals surface area contributed by atoms with Gasteiger partial charge in [0, 0.05) is 13.1 Å². The third kappa shape index (κ3) is 4.97. The molecular weight excluding hydrogens is 360 g/mol. The van der Waals surface area contributed by atoms with Crippen LogP contribution in [0.25, 0.3) is 0 Å². The van der Waals surface area contributed by atoms with Crippen LogP contribution in [0.15, 0.2) is 30.3 Å². The molecule has 1 heterocycles. The molecule has 2 aliphatic rings. The molecule has 0 spiro atoms. The van der Waals surface area contributed by atoms with Gasteiger partial charge >= 0.3 is 5.97 Å². The Labute approximate surface area is 164 Å². The predicted molar refractivity (Wildman–Crippen MR) is 101 cm³/mol. The number of ether oxygens (including phenoxy) is 1. The minimum atomic E-state index is -0.589. The van der Waals surface area contributed by atoms with Gasteiger partial charge in [-0.15, -0.1) is 0 Å². The number of benzene rings is 1. The summed E-state index contributed by atoms with van der Waals surface area (Å²) in [6.07, 6.45) is 4.04. The molecule has 1 aromatic rings. The number of carbonyl (C=O) groups excluding carboxylic acids is 4. The summed E-state index contributed by atoms with van der Waals surface area (Å²) in [6, 6.07) is 9.75. The maximum absolute atomic E-state index is 12.4. The van der Waals surface area contributed by atoms with Crippen LogP contribution in [0, 0.1) is 11.8 Å². The summed E-state index contributed by atoms with van der Waals surface area (Å²) in [5, 5.41) is 2.70. The van der Waals surface area contributed by atoms with Crippen molar-refractivity contribution in [2.45, 2.75) is 38.5 Å². The lowest BCUT2D eigenvalue weighted by atomic mass is 9.81. The number of amides is 3. The first-order valence-electron chi connectivity index (χ1n) is 9.87. The Balaban J connectivity index is 1.33. The van der Waals surface area contributed by atoms with Crippen LogP contribution in [-0.4, -0.2) is 48.3 Å². The maximum atomic E-state index is 12.4. The van der Waals surface area contributed by atoms with Gasteiger partial charge in [-0.05, 0) is 24.8 Å². The molecule has 2 fully saturated rings. The average molecular weight is 386 g/mol. The molecular formula is C21H26N2O5. The summed E-state index contributed by atoms with van der Waals surface area (Å²) in [5.41, 5.74) is 1.11. The summed E-state index contributed by atoms with van der Waals surface area (Å²) in [4.78, 5) is 49.5. The van der Waals surface area contributed by atoms with Crippen molar-refractivity contribution in [3.63, 3.8) is 0 Å². The fourth-order valence-electron chi connectivity index (χ4n) is 3.91. The third-order valence-electron chi connectivity index (χ3n) is 5.41. The Morgan fingerprint density at radius 2 is 1.68 bits per heavy atom. The van der Waals surface area contributed by atoms with E-state index in [-0.39, 0.29) is 49.1 Å². The third-order valence-corrected chi connectivity index (χ3v) is 5.41. The van der Waals surface area contributed by atoms with Crippen molar-refractivity contribution in [2.75, 3.05) is 19.7 Å². The Kier molecular flexibility index (Phi) is 6.79. The molecule has 3 rings (SSSR count). The van der Waals surface area contributed by atoms with Gasteiger partial charge < -0.3 is 10.1 Å². The number of fused-ring (bicyclic) bond motifs is 1. The number of nitrogens with one attached hydrogen (secondary N) is 1. The van der Waals surface area contributed by atoms with Gasteiger partial charge in [-0.2, -0.15) is 0 Å². The van der Waals surface area contributed by atoms with Gasteiger partial charge in [-0.1, -0.05) is 43.2 Å². The SMILES string of the molecule is O=C(COC(=O)CCN1C(=O)[C@H]2CCCC[C@H]2C1=O)NCCc1ccccc1. The van der Waals surface area contributed by atoms with Gasteiger partial charge in [-0.25, -0.2) is 0 Å². The van der Waals surface area contributed by atoms with Gasteiger partial charge in [0.15, 0.2) is 6.61 Å². The van der Waals surface area contributed by atoms with E-state index in [1.165, 1.54) is 4.90 Å². The predicted octanol–water partition coefficient (Wildman–Crippen LogP) is 1.45. The first-order chi connectivity index (χ1) is 13.6. The lowest BCUT2D eigenvalue weighted by molar-refractivity contribution is -0.149. The number of esters is 1. The van der Waals surface area contributed by atoms with E-state index in [0.29, 0.717) is 13.0 Å². The second kappa shape index (κ2) is 9.48. The highest BCUT2D eigenvalue weighted by Crippen LogP contribution is 2.37. The minimum absolute atomic E-state index is 0.0269. The molecule has 28 heavy (non-hydrogen) atoms. The average Bonchev–Trinajstić information content (AvgIpc) is 2.96. The van der Waals surface area contributed by atoms with E-state index in [1.807, 2.05) is 30.3 Å². The molecule has 3 amide bonds. The molecule has 1 aromatic carbocycles. The van der Waals surface area contributed by atoms with Crippen LogP contribution in [0.4, 0.5) is 0 Å². The van der Waals surface area contributed by atoms with Gasteiger partial charge in [-0.3, -0.25) is 24.1 Å². The van der Waals surface area contributed by atoms with E-state index in [1.54, 1.807) is 0 Å². The van der Waals surface area contributed by atoms with E-state index >= 15 is 0 Å². The summed E-state index contributed by atoms with van der Waals surface area (Å²) < 4.78 is 4.96. The van der Waals surface area contributed by atoms with Gasteiger partial charge in [0.25, 0.3) is 5.91 Å². The largest absolute Gasteiger partial charge is 0.456 e. The molecule has 1 saturated carbocycles. The quantitative estimate of drug-likeness (QED) is 0.539. The van der Waals surface area contributed by atoms with Crippen LogP contribution < -0.4 is 5.32 Å². The number of nitrogens with zero attached hydrogens (tertiary/aromatic N) is 1. The maximum Gasteiger partial charge on any atom is 0.308 e. The van der Waals surface area contributed by atoms with Crippen molar-refractivity contribution in [1.82, 2.24) is 10.2 Å². The molecule has 0 bridgehead atoms. The number of hydrogen-bond acceptors (Lipinski definition) is 5. The van der Waals surface area contributed by atoms with Crippen LogP contribution >= 0.6 is 0 Å². The molecule has 0 unspecified atom stereocenters. The summed E-state index contributed by atoms with van der Waals surface area (Å²) in [5.74, 6) is -1.72. The van der Waals surface area contributed by atoms with E-state index in [0.717, 1.165) is 31.2 Å². The smallest absolute Gasteiger partial charge is 0.308 e. The van der Waals surface area contributed by atoms with Crippen molar-refractivity contribution in [3.05, 3.63) is 35.9 Å². The molecule has 7 heteroatoms. The molecule has 1 aliphatic heterocycles. The Bertz CT molecular complexity index is 710. The number of rotatable bonds is 8. The van der Waals surface area contributed by atoms with E-state index in [2.05, 4.69) is 5.32 Å². The van der Waals surface area contributed by atoms with Crippen molar-refractivity contribution < 1.29 is 23.9 Å². The first kappa shape index (κ1) is 20.0. The van der Waals surface area contributed by atoms with Gasteiger partial charge in [0.1, 0.15) is 0 Å². The Hall–Kier alpha value is -2.70. The van der Waals surface area contributed by atoms with Crippen molar-refractivity contribution in [2.24, 2.45) is 11.8 Å². The number of carbonyl (C=O) groups is 4. The molecule has 150 valence electrons. The molecule has 0 radical (unpaired) electrons. The second-order valence-corrected chi connectivity index (χ2v) is 7.32. The van der Waals surface area contributed by atoms with Crippen molar-refractivity contribution in [1.29, 1.82) is 0 Å². The standard InChI is InChI=1S/C21H26N2O5/c24-18(22-12-10-15-6-2-1-3-7-15)14-28-19(25)11-13-23-20(26)16-8-4-5-9-17(16)21(23)27/h1-3,6-7,16-17H,4-5,8-14H2,(H,22,24)/t16-,17+. The number of likely N-dealkylation sites (tertiary alicyclic amines) is 1. The van der Waals surface area contributed by atoms with Crippen molar-refractivity contribution in [3.8, 4) is 0 Å². The Morgan fingerprint density at radius 1 is 1.04 bits per heavy atom. The zero-order chi connectivity index (χ0) is 19.9. The van der Waals surface area contributed by atoms with E-state index < -0.39 is 5.97 Å². The topological polar surface area (TPSA) is 92.8 Å². The van der Waals surface area contributed by atoms with E-state index in [9.17, 15) is 19.2 Å². The molecule has 0 aromatic heterocycles. The monoisotopic (exact) mass is 386 g/mol. The first-order valence-corrected chi connectivity index (χ1v) is 9.87. The van der Waals surface area contributed by atoms with E-state index in [4.69, 9.17) is 4.74 Å². The molecule has 2 atom stereocenters. The van der Waals surface area contributed by atoms with Crippen LogP contribution in [0.1, 0.15) is 37.7 Å². The highest BCUT2D eigenvalue weighted by Gasteiger charge is 2.47. The minimum Gasteiger partial charge on any atom is -0.456 e. The van der Waals surface area contributed by atoms with Crippen LogP contribution in [0.2, 0.25) is 0 Å². The summed E-state index contributed by atoms with van der Waals surface area (Å²) in [6.45, 7) is 0.125. The normalized spacial score (nSPS) is 21.4. The fraction of sp³-hybridized carbons (Fsp3) is 0.524. The van der Waals surface area contributed by atoms with Crippen LogP contribution in [0.5, 0.6) is 0 Å².